The lowest BCUT2D eigenvalue weighted by atomic mass is 10.1. The Morgan fingerprint density at radius 1 is 1.13 bits per heavy atom. The first-order valence-corrected chi connectivity index (χ1v) is 10.4. The van der Waals surface area contributed by atoms with Crippen LogP contribution in [0.3, 0.4) is 0 Å². The standard InChI is InChI=1S/C22H21Cl2N3O3/c23-17-3-6-19(20(24)13-17)21(14-26-8-7-25-15-26)30-22(28)16-1-4-18(5-2-16)27-9-11-29-12-10-27/h1-8,13,15,21H,9-12,14H2. The fraction of sp³-hybridized carbons (Fsp3) is 0.273. The molecule has 0 amide bonds. The number of halogens is 2. The average molecular weight is 446 g/mol. The van der Waals surface area contributed by atoms with Gasteiger partial charge in [-0.15, -0.1) is 0 Å². The van der Waals surface area contributed by atoms with Crippen LogP contribution in [-0.2, 0) is 16.0 Å². The molecule has 3 aromatic rings. The molecule has 0 bridgehead atoms. The van der Waals surface area contributed by atoms with E-state index in [1.54, 1.807) is 42.9 Å². The Bertz CT molecular complexity index is 987. The predicted octanol–water partition coefficient (Wildman–Crippen LogP) is 4.62. The van der Waals surface area contributed by atoms with Gasteiger partial charge in [-0.1, -0.05) is 29.3 Å². The van der Waals surface area contributed by atoms with Gasteiger partial charge in [-0.2, -0.15) is 0 Å². The molecule has 0 spiro atoms. The molecule has 6 nitrogen and oxygen atoms in total. The molecule has 1 aromatic heterocycles. The molecule has 30 heavy (non-hydrogen) atoms. The minimum absolute atomic E-state index is 0.388. The molecule has 156 valence electrons. The van der Waals surface area contributed by atoms with Crippen molar-refractivity contribution in [1.82, 2.24) is 9.55 Å². The molecule has 0 saturated carbocycles. The third-order valence-electron chi connectivity index (χ3n) is 4.97. The van der Waals surface area contributed by atoms with Gasteiger partial charge in [0, 0.05) is 46.8 Å². The summed E-state index contributed by atoms with van der Waals surface area (Å²) in [7, 11) is 0. The molecule has 1 aliphatic heterocycles. The summed E-state index contributed by atoms with van der Waals surface area (Å²) in [4.78, 5) is 19.2. The highest BCUT2D eigenvalue weighted by atomic mass is 35.5. The fourth-order valence-electron chi connectivity index (χ4n) is 3.38. The predicted molar refractivity (Wildman–Crippen MR) is 116 cm³/mol. The fourth-order valence-corrected chi connectivity index (χ4v) is 3.91. The molecule has 1 aliphatic rings. The van der Waals surface area contributed by atoms with Crippen molar-refractivity contribution in [2.24, 2.45) is 0 Å². The van der Waals surface area contributed by atoms with Crippen molar-refractivity contribution in [1.29, 1.82) is 0 Å². The zero-order chi connectivity index (χ0) is 20.9. The first-order chi connectivity index (χ1) is 14.6. The van der Waals surface area contributed by atoms with E-state index < -0.39 is 12.1 Å². The number of hydrogen-bond donors (Lipinski definition) is 0. The van der Waals surface area contributed by atoms with Crippen molar-refractivity contribution in [3.8, 4) is 0 Å². The van der Waals surface area contributed by atoms with Gasteiger partial charge in [0.1, 0.15) is 6.10 Å². The van der Waals surface area contributed by atoms with E-state index in [4.69, 9.17) is 32.7 Å². The zero-order valence-corrected chi connectivity index (χ0v) is 17.7. The second-order valence-electron chi connectivity index (χ2n) is 6.97. The van der Waals surface area contributed by atoms with Crippen LogP contribution in [0.1, 0.15) is 22.0 Å². The molecule has 2 aromatic carbocycles. The summed E-state index contributed by atoms with van der Waals surface area (Å²) in [6.07, 6.45) is 4.56. The van der Waals surface area contributed by atoms with Crippen LogP contribution >= 0.6 is 23.2 Å². The van der Waals surface area contributed by atoms with Gasteiger partial charge in [0.15, 0.2) is 0 Å². The molecule has 1 atom stereocenters. The number of morpholine rings is 1. The number of imidazole rings is 1. The highest BCUT2D eigenvalue weighted by Crippen LogP contribution is 2.30. The van der Waals surface area contributed by atoms with Crippen LogP contribution < -0.4 is 4.90 Å². The number of nitrogens with zero attached hydrogens (tertiary/aromatic N) is 3. The van der Waals surface area contributed by atoms with Crippen LogP contribution in [0, 0.1) is 0 Å². The third-order valence-corrected chi connectivity index (χ3v) is 5.54. The lowest BCUT2D eigenvalue weighted by Gasteiger charge is -2.28. The minimum atomic E-state index is -0.588. The number of hydrogen-bond acceptors (Lipinski definition) is 5. The number of aromatic nitrogens is 2. The summed E-state index contributed by atoms with van der Waals surface area (Å²) in [6, 6.07) is 12.6. The topological polar surface area (TPSA) is 56.6 Å². The van der Waals surface area contributed by atoms with Crippen LogP contribution in [0.2, 0.25) is 10.0 Å². The normalized spacial score (nSPS) is 15.1. The second-order valence-corrected chi connectivity index (χ2v) is 7.81. The summed E-state index contributed by atoms with van der Waals surface area (Å²) in [5.41, 5.74) is 2.23. The number of esters is 1. The number of anilines is 1. The Balaban J connectivity index is 1.52. The maximum atomic E-state index is 12.9. The average Bonchev–Trinajstić information content (AvgIpc) is 3.27. The van der Waals surface area contributed by atoms with Crippen molar-refractivity contribution >= 4 is 34.9 Å². The number of benzene rings is 2. The molecule has 1 saturated heterocycles. The Kier molecular flexibility index (Phi) is 6.57. The molecule has 4 rings (SSSR count). The molecule has 2 heterocycles. The van der Waals surface area contributed by atoms with Gasteiger partial charge in [0.2, 0.25) is 0 Å². The van der Waals surface area contributed by atoms with E-state index in [1.807, 2.05) is 22.9 Å². The Hall–Kier alpha value is -2.54. The van der Waals surface area contributed by atoms with Crippen molar-refractivity contribution in [3.63, 3.8) is 0 Å². The lowest BCUT2D eigenvalue weighted by Crippen LogP contribution is -2.36. The number of rotatable bonds is 6. The van der Waals surface area contributed by atoms with Crippen LogP contribution in [0.25, 0.3) is 0 Å². The quantitative estimate of drug-likeness (QED) is 0.517. The molecule has 1 unspecified atom stereocenters. The van der Waals surface area contributed by atoms with Crippen molar-refractivity contribution in [2.45, 2.75) is 12.6 Å². The first kappa shape index (κ1) is 20.7. The van der Waals surface area contributed by atoms with Crippen molar-refractivity contribution in [2.75, 3.05) is 31.2 Å². The van der Waals surface area contributed by atoms with E-state index in [-0.39, 0.29) is 0 Å². The Morgan fingerprint density at radius 3 is 2.57 bits per heavy atom. The molecule has 1 fully saturated rings. The Labute approximate surface area is 184 Å². The van der Waals surface area contributed by atoms with Gasteiger partial charge in [-0.3, -0.25) is 0 Å². The van der Waals surface area contributed by atoms with E-state index in [0.29, 0.717) is 40.9 Å². The van der Waals surface area contributed by atoms with E-state index in [1.165, 1.54) is 0 Å². The van der Waals surface area contributed by atoms with Gasteiger partial charge >= 0.3 is 5.97 Å². The molecule has 0 radical (unpaired) electrons. The van der Waals surface area contributed by atoms with Crippen LogP contribution in [-0.4, -0.2) is 41.8 Å². The van der Waals surface area contributed by atoms with E-state index in [0.717, 1.165) is 18.8 Å². The summed E-state index contributed by atoms with van der Waals surface area (Å²) < 4.78 is 13.1. The first-order valence-electron chi connectivity index (χ1n) is 9.64. The van der Waals surface area contributed by atoms with Crippen LogP contribution in [0.4, 0.5) is 5.69 Å². The molecular weight excluding hydrogens is 425 g/mol. The maximum Gasteiger partial charge on any atom is 0.338 e. The van der Waals surface area contributed by atoms with Gasteiger partial charge in [-0.25, -0.2) is 9.78 Å². The second kappa shape index (κ2) is 9.51. The number of carbonyl (C=O) groups is 1. The van der Waals surface area contributed by atoms with Gasteiger partial charge in [0.05, 0.1) is 31.6 Å². The monoisotopic (exact) mass is 445 g/mol. The SMILES string of the molecule is O=C(OC(Cn1ccnc1)c1ccc(Cl)cc1Cl)c1ccc(N2CCOCC2)cc1. The van der Waals surface area contributed by atoms with Crippen molar-refractivity contribution in [3.05, 3.63) is 82.4 Å². The van der Waals surface area contributed by atoms with Gasteiger partial charge in [-0.05, 0) is 36.4 Å². The summed E-state index contributed by atoms with van der Waals surface area (Å²) in [5, 5.41) is 0.971. The molecular formula is C22H21Cl2N3O3. The highest BCUT2D eigenvalue weighted by Gasteiger charge is 2.22. The zero-order valence-electron chi connectivity index (χ0n) is 16.2. The van der Waals surface area contributed by atoms with Gasteiger partial charge in [0.25, 0.3) is 0 Å². The van der Waals surface area contributed by atoms with Crippen molar-refractivity contribution < 1.29 is 14.3 Å². The third kappa shape index (κ3) is 4.95. The minimum Gasteiger partial charge on any atom is -0.452 e. The summed E-state index contributed by atoms with van der Waals surface area (Å²) in [5.74, 6) is -0.417. The highest BCUT2D eigenvalue weighted by molar-refractivity contribution is 6.35. The van der Waals surface area contributed by atoms with Crippen LogP contribution in [0.15, 0.2) is 61.2 Å². The van der Waals surface area contributed by atoms with Gasteiger partial charge < -0.3 is 18.9 Å². The molecule has 0 N–H and O–H groups in total. The number of carbonyl (C=O) groups excluding carboxylic acids is 1. The largest absolute Gasteiger partial charge is 0.452 e. The summed E-state index contributed by atoms with van der Waals surface area (Å²) >= 11 is 12.4. The molecule has 8 heteroatoms. The van der Waals surface area contributed by atoms with E-state index in [2.05, 4.69) is 9.88 Å². The van der Waals surface area contributed by atoms with Crippen LogP contribution in [0.5, 0.6) is 0 Å². The van der Waals surface area contributed by atoms with E-state index >= 15 is 0 Å². The Morgan fingerprint density at radius 2 is 1.90 bits per heavy atom. The lowest BCUT2D eigenvalue weighted by molar-refractivity contribution is 0.0255. The number of ether oxygens (including phenoxy) is 2. The summed E-state index contributed by atoms with van der Waals surface area (Å²) in [6.45, 7) is 3.49. The van der Waals surface area contributed by atoms with E-state index in [9.17, 15) is 4.79 Å². The smallest absolute Gasteiger partial charge is 0.338 e. The maximum absolute atomic E-state index is 12.9. The molecule has 0 aliphatic carbocycles.